The van der Waals surface area contributed by atoms with Crippen LogP contribution >= 0.6 is 11.6 Å². The maximum Gasteiger partial charge on any atom is 0.241 e. The fourth-order valence-electron chi connectivity index (χ4n) is 3.66. The molecule has 3 aromatic rings. The summed E-state index contributed by atoms with van der Waals surface area (Å²) in [7, 11) is -3.91. The van der Waals surface area contributed by atoms with Gasteiger partial charge in [-0.2, -0.15) is 4.98 Å². The summed E-state index contributed by atoms with van der Waals surface area (Å²) in [5.74, 6) is 0.422. The minimum atomic E-state index is -3.91. The molecule has 1 N–H and O–H groups in total. The number of amides is 1. The molecule has 33 heavy (non-hydrogen) atoms. The largest absolute Gasteiger partial charge is 0.368 e. The third-order valence-corrected chi connectivity index (χ3v) is 7.30. The van der Waals surface area contributed by atoms with E-state index in [-0.39, 0.29) is 17.3 Å². The molecule has 0 bridgehead atoms. The van der Waals surface area contributed by atoms with Crippen molar-refractivity contribution in [2.45, 2.75) is 18.7 Å². The maximum absolute atomic E-state index is 12.9. The van der Waals surface area contributed by atoms with Crippen LogP contribution < -0.4 is 9.62 Å². The van der Waals surface area contributed by atoms with Crippen LogP contribution in [0.2, 0.25) is 5.02 Å². The third-order valence-electron chi connectivity index (χ3n) is 5.50. The van der Waals surface area contributed by atoms with Crippen molar-refractivity contribution in [1.29, 1.82) is 0 Å². The Labute approximate surface area is 197 Å². The van der Waals surface area contributed by atoms with Gasteiger partial charge < -0.3 is 14.3 Å². The van der Waals surface area contributed by atoms with Crippen LogP contribution in [-0.4, -0.2) is 62.1 Å². The Balaban J connectivity index is 1.37. The first-order valence-electron chi connectivity index (χ1n) is 10.4. The van der Waals surface area contributed by atoms with Gasteiger partial charge in [0.15, 0.2) is 0 Å². The molecule has 0 unspecified atom stereocenters. The molecule has 0 radical (unpaired) electrons. The lowest BCUT2D eigenvalue weighted by Crippen LogP contribution is -2.51. The molecule has 1 aliphatic heterocycles. The molecule has 1 aromatic heterocycles. The number of sulfonamides is 1. The number of hydrogen-bond donors (Lipinski definition) is 1. The number of aryl methyl sites for hydroxylation is 2. The van der Waals surface area contributed by atoms with Gasteiger partial charge in [-0.15, -0.1) is 0 Å². The van der Waals surface area contributed by atoms with Crippen LogP contribution in [0, 0.1) is 13.8 Å². The predicted octanol–water partition coefficient (Wildman–Crippen LogP) is 2.63. The summed E-state index contributed by atoms with van der Waals surface area (Å²) >= 11 is 5.94. The van der Waals surface area contributed by atoms with E-state index in [9.17, 15) is 13.2 Å². The van der Waals surface area contributed by atoms with Crippen LogP contribution in [0.4, 0.5) is 5.69 Å². The molecule has 0 aliphatic carbocycles. The average Bonchev–Trinajstić information content (AvgIpc) is 3.24. The third kappa shape index (κ3) is 5.35. The number of anilines is 1. The summed E-state index contributed by atoms with van der Waals surface area (Å²) in [6.45, 7) is 5.37. The Kier molecular flexibility index (Phi) is 6.68. The van der Waals surface area contributed by atoms with E-state index in [4.69, 9.17) is 16.1 Å². The summed E-state index contributed by atoms with van der Waals surface area (Å²) in [6, 6.07) is 12.4. The number of carbonyl (C=O) groups is 1. The molecule has 1 saturated heterocycles. The highest BCUT2D eigenvalue weighted by Crippen LogP contribution is 2.23. The van der Waals surface area contributed by atoms with Crippen molar-refractivity contribution in [1.82, 2.24) is 19.8 Å². The number of halogens is 1. The topological polar surface area (TPSA) is 109 Å². The Morgan fingerprint density at radius 3 is 2.42 bits per heavy atom. The van der Waals surface area contributed by atoms with Crippen molar-refractivity contribution in [2.75, 3.05) is 37.6 Å². The molecule has 0 spiro atoms. The van der Waals surface area contributed by atoms with Gasteiger partial charge in [-0.05, 0) is 42.8 Å². The molecule has 9 nitrogen and oxygen atoms in total. The van der Waals surface area contributed by atoms with E-state index in [1.54, 1.807) is 30.9 Å². The SMILES string of the molecule is Cc1nc(-c2ccc(C)c(S(=O)(=O)NCC(=O)N3CCN(c4ccc(Cl)cc4)CC3)c2)no1. The molecule has 2 aromatic carbocycles. The maximum atomic E-state index is 12.9. The van der Waals surface area contributed by atoms with Crippen LogP contribution in [-0.2, 0) is 14.8 Å². The molecule has 174 valence electrons. The highest BCUT2D eigenvalue weighted by Gasteiger charge is 2.24. The molecule has 1 aliphatic rings. The van der Waals surface area contributed by atoms with Crippen molar-refractivity contribution >= 4 is 33.2 Å². The van der Waals surface area contributed by atoms with E-state index in [0.717, 1.165) is 5.69 Å². The van der Waals surface area contributed by atoms with E-state index >= 15 is 0 Å². The van der Waals surface area contributed by atoms with Crippen molar-refractivity contribution < 1.29 is 17.7 Å². The lowest BCUT2D eigenvalue weighted by molar-refractivity contribution is -0.130. The standard InChI is InChI=1S/C22H24ClN5O4S/c1-15-3-4-17(22-25-16(2)32-26-22)13-20(15)33(30,31)24-14-21(29)28-11-9-27(10-12-28)19-7-5-18(23)6-8-19/h3-8,13,24H,9-12,14H2,1-2H3. The van der Waals surface area contributed by atoms with Gasteiger partial charge in [0, 0.05) is 49.4 Å². The first kappa shape index (κ1) is 23.2. The second-order valence-corrected chi connectivity index (χ2v) is 9.96. The second kappa shape index (κ2) is 9.50. The zero-order valence-electron chi connectivity index (χ0n) is 18.3. The van der Waals surface area contributed by atoms with E-state index < -0.39 is 10.0 Å². The minimum absolute atomic E-state index is 0.0720. The fraction of sp³-hybridized carbons (Fsp3) is 0.318. The molecule has 1 fully saturated rings. The number of hydrogen-bond acceptors (Lipinski definition) is 7. The molecule has 0 saturated carbocycles. The van der Waals surface area contributed by atoms with E-state index in [1.165, 1.54) is 6.07 Å². The van der Waals surface area contributed by atoms with Crippen molar-refractivity contribution in [2.24, 2.45) is 0 Å². The monoisotopic (exact) mass is 489 g/mol. The van der Waals surface area contributed by atoms with Crippen LogP contribution in [0.3, 0.4) is 0 Å². The lowest BCUT2D eigenvalue weighted by atomic mass is 10.1. The first-order valence-corrected chi connectivity index (χ1v) is 12.3. The number of carbonyl (C=O) groups excluding carboxylic acids is 1. The Hall–Kier alpha value is -2.95. The van der Waals surface area contributed by atoms with Gasteiger partial charge in [0.25, 0.3) is 0 Å². The molecule has 1 amide bonds. The Bertz CT molecular complexity index is 1250. The van der Waals surface area contributed by atoms with E-state index in [0.29, 0.717) is 54.0 Å². The predicted molar refractivity (Wildman–Crippen MR) is 125 cm³/mol. The van der Waals surface area contributed by atoms with Crippen LogP contribution in [0.5, 0.6) is 0 Å². The number of rotatable bonds is 6. The molecule has 4 rings (SSSR count). The summed E-state index contributed by atoms with van der Waals surface area (Å²) in [5, 5.41) is 4.51. The quantitative estimate of drug-likeness (QED) is 0.567. The van der Waals surface area contributed by atoms with Crippen LogP contribution in [0.15, 0.2) is 51.9 Å². The Morgan fingerprint density at radius 1 is 1.09 bits per heavy atom. The summed E-state index contributed by atoms with van der Waals surface area (Å²) in [6.07, 6.45) is 0. The van der Waals surface area contributed by atoms with Gasteiger partial charge in [0.05, 0.1) is 11.4 Å². The van der Waals surface area contributed by atoms with Gasteiger partial charge >= 0.3 is 0 Å². The molecule has 11 heteroatoms. The van der Waals surface area contributed by atoms with Crippen LogP contribution in [0.25, 0.3) is 11.4 Å². The molecular weight excluding hydrogens is 466 g/mol. The number of piperazine rings is 1. The van der Waals surface area contributed by atoms with Gasteiger partial charge in [-0.1, -0.05) is 28.9 Å². The first-order chi connectivity index (χ1) is 15.7. The van der Waals surface area contributed by atoms with Crippen molar-refractivity contribution in [3.63, 3.8) is 0 Å². The molecule has 2 heterocycles. The van der Waals surface area contributed by atoms with Gasteiger partial charge in [0.1, 0.15) is 0 Å². The average molecular weight is 490 g/mol. The number of aromatic nitrogens is 2. The van der Waals surface area contributed by atoms with E-state index in [1.807, 2.05) is 24.3 Å². The Morgan fingerprint density at radius 2 is 1.79 bits per heavy atom. The number of nitrogens with one attached hydrogen (secondary N) is 1. The van der Waals surface area contributed by atoms with Crippen LogP contribution in [0.1, 0.15) is 11.5 Å². The zero-order chi connectivity index (χ0) is 23.6. The summed E-state index contributed by atoms with van der Waals surface area (Å²) < 4.78 is 33.3. The zero-order valence-corrected chi connectivity index (χ0v) is 19.9. The minimum Gasteiger partial charge on any atom is -0.368 e. The van der Waals surface area contributed by atoms with Gasteiger partial charge in [-0.25, -0.2) is 13.1 Å². The normalized spacial score (nSPS) is 14.5. The lowest BCUT2D eigenvalue weighted by Gasteiger charge is -2.36. The highest BCUT2D eigenvalue weighted by molar-refractivity contribution is 7.89. The molecule has 0 atom stereocenters. The smallest absolute Gasteiger partial charge is 0.241 e. The van der Waals surface area contributed by atoms with Gasteiger partial charge in [0.2, 0.25) is 27.6 Å². The second-order valence-electron chi connectivity index (χ2n) is 7.79. The van der Waals surface area contributed by atoms with Crippen molar-refractivity contribution in [3.05, 3.63) is 58.9 Å². The number of benzene rings is 2. The summed E-state index contributed by atoms with van der Waals surface area (Å²) in [4.78, 5) is 20.7. The highest BCUT2D eigenvalue weighted by atomic mass is 35.5. The van der Waals surface area contributed by atoms with Gasteiger partial charge in [-0.3, -0.25) is 4.79 Å². The van der Waals surface area contributed by atoms with E-state index in [2.05, 4.69) is 19.8 Å². The van der Waals surface area contributed by atoms with Crippen molar-refractivity contribution in [3.8, 4) is 11.4 Å². The summed E-state index contributed by atoms with van der Waals surface area (Å²) in [5.41, 5.74) is 2.11. The fourth-order valence-corrected chi connectivity index (χ4v) is 5.03. The molecular formula is C22H24ClN5O4S. The number of nitrogens with zero attached hydrogens (tertiary/aromatic N) is 4.